The molecular weight excluding hydrogens is 245 g/mol. The van der Waals surface area contributed by atoms with Crippen LogP contribution in [0.1, 0.15) is 42.5 Å². The van der Waals surface area contributed by atoms with E-state index < -0.39 is 11.2 Å². The molecule has 1 aromatic carbocycles. The van der Waals surface area contributed by atoms with Gasteiger partial charge in [-0.1, -0.05) is 19.3 Å². The van der Waals surface area contributed by atoms with E-state index in [2.05, 4.69) is 0 Å². The van der Waals surface area contributed by atoms with Gasteiger partial charge >= 0.3 is 0 Å². The van der Waals surface area contributed by atoms with E-state index in [9.17, 15) is 9.18 Å². The number of nitrogens with two attached hydrogens (primary N) is 1. The third kappa shape index (κ3) is 2.63. The summed E-state index contributed by atoms with van der Waals surface area (Å²) >= 11 is 0. The van der Waals surface area contributed by atoms with Crippen LogP contribution >= 0.6 is 0 Å². The maximum Gasteiger partial charge on any atom is 0.173 e. The lowest BCUT2D eigenvalue weighted by atomic mass is 9.69. The smallest absolute Gasteiger partial charge is 0.173 e. The van der Waals surface area contributed by atoms with Gasteiger partial charge in [0.1, 0.15) is 11.6 Å². The van der Waals surface area contributed by atoms with Crippen molar-refractivity contribution in [2.45, 2.75) is 32.1 Å². The number of rotatable bonds is 4. The molecule has 1 saturated carbocycles. The lowest BCUT2D eigenvalue weighted by molar-refractivity contribution is 0.0725. The third-order valence-corrected chi connectivity index (χ3v) is 4.10. The highest BCUT2D eigenvalue weighted by Gasteiger charge is 2.39. The van der Waals surface area contributed by atoms with Crippen LogP contribution in [0.15, 0.2) is 18.2 Å². The van der Waals surface area contributed by atoms with Gasteiger partial charge in [0.25, 0.3) is 0 Å². The molecule has 0 amide bonds. The molecule has 1 aromatic rings. The van der Waals surface area contributed by atoms with Crippen LogP contribution in [-0.4, -0.2) is 19.4 Å². The minimum Gasteiger partial charge on any atom is -0.497 e. The monoisotopic (exact) mass is 265 g/mol. The molecule has 1 fully saturated rings. The van der Waals surface area contributed by atoms with Gasteiger partial charge in [-0.15, -0.1) is 0 Å². The van der Waals surface area contributed by atoms with Crippen LogP contribution in [0.4, 0.5) is 4.39 Å². The van der Waals surface area contributed by atoms with Gasteiger partial charge in [0.05, 0.1) is 12.7 Å². The maximum atomic E-state index is 14.0. The molecule has 0 heterocycles. The van der Waals surface area contributed by atoms with E-state index in [1.807, 2.05) is 0 Å². The first-order valence-corrected chi connectivity index (χ1v) is 6.71. The van der Waals surface area contributed by atoms with Crippen LogP contribution in [0, 0.1) is 11.2 Å². The molecule has 0 unspecified atom stereocenters. The Kier molecular flexibility index (Phi) is 4.20. The lowest BCUT2D eigenvalue weighted by Crippen LogP contribution is -2.40. The van der Waals surface area contributed by atoms with Crippen molar-refractivity contribution in [1.82, 2.24) is 0 Å². The van der Waals surface area contributed by atoms with Crippen molar-refractivity contribution in [3.8, 4) is 5.75 Å². The molecule has 0 radical (unpaired) electrons. The first-order chi connectivity index (χ1) is 9.13. The number of carbonyl (C=O) groups is 1. The topological polar surface area (TPSA) is 52.3 Å². The van der Waals surface area contributed by atoms with Crippen LogP contribution in [0.25, 0.3) is 0 Å². The second kappa shape index (κ2) is 5.70. The summed E-state index contributed by atoms with van der Waals surface area (Å²) in [7, 11) is 1.47. The van der Waals surface area contributed by atoms with E-state index in [1.165, 1.54) is 19.2 Å². The maximum absolute atomic E-state index is 14.0. The molecule has 3 nitrogen and oxygen atoms in total. The van der Waals surface area contributed by atoms with E-state index in [-0.39, 0.29) is 17.9 Å². The number of hydrogen-bond acceptors (Lipinski definition) is 3. The quantitative estimate of drug-likeness (QED) is 0.852. The average Bonchev–Trinajstić information content (AvgIpc) is 2.47. The van der Waals surface area contributed by atoms with Crippen LogP contribution in [0.3, 0.4) is 0 Å². The van der Waals surface area contributed by atoms with E-state index in [0.29, 0.717) is 5.75 Å². The van der Waals surface area contributed by atoms with Gasteiger partial charge in [-0.05, 0) is 25.0 Å². The van der Waals surface area contributed by atoms with Crippen LogP contribution in [0.2, 0.25) is 0 Å². The largest absolute Gasteiger partial charge is 0.497 e. The molecule has 1 aliphatic carbocycles. The summed E-state index contributed by atoms with van der Waals surface area (Å²) in [6.07, 6.45) is 4.61. The number of Topliss-reactive ketones (excluding diaryl/α,β-unsaturated/α-hetero) is 1. The molecule has 2 rings (SSSR count). The number of ether oxygens (including phenoxy) is 1. The van der Waals surface area contributed by atoms with E-state index in [4.69, 9.17) is 10.5 Å². The third-order valence-electron chi connectivity index (χ3n) is 4.10. The number of carbonyl (C=O) groups excluding carboxylic acids is 1. The summed E-state index contributed by atoms with van der Waals surface area (Å²) in [5.74, 6) is -0.267. The zero-order chi connectivity index (χ0) is 13.9. The number of ketones is 1. The summed E-state index contributed by atoms with van der Waals surface area (Å²) in [5.41, 5.74) is 5.37. The Morgan fingerprint density at radius 3 is 2.58 bits per heavy atom. The first-order valence-electron chi connectivity index (χ1n) is 6.71. The second-order valence-electron chi connectivity index (χ2n) is 5.22. The standard InChI is InChI=1S/C15H20FNO2/c1-19-11-5-6-12(13(16)9-11)14(18)15(10-17)7-3-2-4-8-15/h5-6,9H,2-4,7-8,10,17H2,1H3. The number of benzene rings is 1. The highest BCUT2D eigenvalue weighted by Crippen LogP contribution is 2.39. The van der Waals surface area contributed by atoms with E-state index in [0.717, 1.165) is 32.1 Å². The number of halogens is 1. The molecule has 1 aliphatic rings. The van der Waals surface area contributed by atoms with Crippen molar-refractivity contribution >= 4 is 5.78 Å². The zero-order valence-electron chi connectivity index (χ0n) is 11.2. The van der Waals surface area contributed by atoms with Gasteiger partial charge in [0.15, 0.2) is 5.78 Å². The van der Waals surface area contributed by atoms with Gasteiger partial charge in [-0.2, -0.15) is 0 Å². The van der Waals surface area contributed by atoms with Gasteiger partial charge in [-0.3, -0.25) is 4.79 Å². The second-order valence-corrected chi connectivity index (χ2v) is 5.22. The van der Waals surface area contributed by atoms with Crippen LogP contribution in [-0.2, 0) is 0 Å². The van der Waals surface area contributed by atoms with Gasteiger partial charge in [-0.25, -0.2) is 4.39 Å². The predicted molar refractivity (Wildman–Crippen MR) is 71.9 cm³/mol. The number of methoxy groups -OCH3 is 1. The summed E-state index contributed by atoms with van der Waals surface area (Å²) in [6, 6.07) is 4.37. The Hall–Kier alpha value is -1.42. The highest BCUT2D eigenvalue weighted by molar-refractivity contribution is 6.01. The fourth-order valence-electron chi connectivity index (χ4n) is 2.85. The number of hydrogen-bond donors (Lipinski definition) is 1. The molecule has 19 heavy (non-hydrogen) atoms. The van der Waals surface area contributed by atoms with Gasteiger partial charge in [0, 0.05) is 18.0 Å². The van der Waals surface area contributed by atoms with Crippen molar-refractivity contribution in [1.29, 1.82) is 0 Å². The molecule has 104 valence electrons. The molecule has 0 aliphatic heterocycles. The Bertz CT molecular complexity index is 467. The average molecular weight is 265 g/mol. The van der Waals surface area contributed by atoms with Crippen molar-refractivity contribution in [2.75, 3.05) is 13.7 Å². The van der Waals surface area contributed by atoms with Crippen LogP contribution < -0.4 is 10.5 Å². The summed E-state index contributed by atoms with van der Waals surface area (Å²) < 4.78 is 19.0. The molecule has 0 saturated heterocycles. The summed E-state index contributed by atoms with van der Waals surface area (Å²) in [4.78, 5) is 12.6. The molecule has 2 N–H and O–H groups in total. The highest BCUT2D eigenvalue weighted by atomic mass is 19.1. The Labute approximate surface area is 112 Å². The minimum atomic E-state index is -0.576. The van der Waals surface area contributed by atoms with Gasteiger partial charge in [0.2, 0.25) is 0 Å². The fraction of sp³-hybridized carbons (Fsp3) is 0.533. The summed E-state index contributed by atoms with van der Waals surface area (Å²) in [6.45, 7) is 0.289. The van der Waals surface area contributed by atoms with Crippen LogP contribution in [0.5, 0.6) is 5.75 Å². The summed E-state index contributed by atoms with van der Waals surface area (Å²) in [5, 5.41) is 0. The molecule has 0 atom stereocenters. The Morgan fingerprint density at radius 2 is 2.05 bits per heavy atom. The van der Waals surface area contributed by atoms with Crippen molar-refractivity contribution in [3.05, 3.63) is 29.6 Å². The lowest BCUT2D eigenvalue weighted by Gasteiger charge is -2.34. The molecule has 4 heteroatoms. The SMILES string of the molecule is COc1ccc(C(=O)C2(CN)CCCCC2)c(F)c1. The van der Waals surface area contributed by atoms with Crippen molar-refractivity contribution in [2.24, 2.45) is 11.1 Å². The fourth-order valence-corrected chi connectivity index (χ4v) is 2.85. The molecule has 0 bridgehead atoms. The Balaban J connectivity index is 2.32. The van der Waals surface area contributed by atoms with E-state index >= 15 is 0 Å². The van der Waals surface area contributed by atoms with E-state index in [1.54, 1.807) is 6.07 Å². The molecule has 0 spiro atoms. The first kappa shape index (κ1) is 14.0. The minimum absolute atomic E-state index is 0.133. The Morgan fingerprint density at radius 1 is 1.37 bits per heavy atom. The van der Waals surface area contributed by atoms with Crippen molar-refractivity contribution < 1.29 is 13.9 Å². The van der Waals surface area contributed by atoms with Crippen molar-refractivity contribution in [3.63, 3.8) is 0 Å². The molecule has 0 aromatic heterocycles. The predicted octanol–water partition coefficient (Wildman–Crippen LogP) is 2.93. The normalized spacial score (nSPS) is 18.1. The van der Waals surface area contributed by atoms with Gasteiger partial charge < -0.3 is 10.5 Å². The zero-order valence-corrected chi connectivity index (χ0v) is 11.2. The molecular formula is C15H20FNO2.